The highest BCUT2D eigenvalue weighted by Gasteiger charge is 1.99. The van der Waals surface area contributed by atoms with Crippen molar-refractivity contribution in [3.8, 4) is 0 Å². The number of hydrogen-bond donors (Lipinski definition) is 1. The minimum absolute atomic E-state index is 0. The number of nitrogens with zero attached hydrogens (tertiary/aromatic N) is 1. The molecule has 5 heteroatoms. The summed E-state index contributed by atoms with van der Waals surface area (Å²) in [5.74, 6) is -0.345. The van der Waals surface area contributed by atoms with E-state index in [1.807, 2.05) is 0 Å². The maximum atomic E-state index is 10.6. The number of hydrogen-bond acceptors (Lipinski definition) is 4. The number of esters is 1. The molecule has 0 spiro atoms. The van der Waals surface area contributed by atoms with Crippen molar-refractivity contribution in [2.75, 3.05) is 26.2 Å². The van der Waals surface area contributed by atoms with E-state index in [9.17, 15) is 4.79 Å². The van der Waals surface area contributed by atoms with E-state index in [0.717, 1.165) is 19.6 Å². The van der Waals surface area contributed by atoms with Gasteiger partial charge in [0.15, 0.2) is 0 Å². The lowest BCUT2D eigenvalue weighted by molar-refractivity contribution is -0.138. The molecule has 0 atom stereocenters. The molecule has 0 saturated carbocycles. The van der Waals surface area contributed by atoms with Crippen LogP contribution in [0.15, 0.2) is 12.7 Å². The number of carbonyl (C=O) groups excluding carboxylic acids is 1. The summed E-state index contributed by atoms with van der Waals surface area (Å²) in [7, 11) is 0. The van der Waals surface area contributed by atoms with Gasteiger partial charge in [0.25, 0.3) is 0 Å². The van der Waals surface area contributed by atoms with Gasteiger partial charge in [0, 0.05) is 12.6 Å². The Hall–Kier alpha value is -0.580. The third kappa shape index (κ3) is 9.51. The maximum Gasteiger partial charge on any atom is 0.330 e. The zero-order chi connectivity index (χ0) is 9.40. The van der Waals surface area contributed by atoms with Gasteiger partial charge in [-0.1, -0.05) is 20.4 Å². The van der Waals surface area contributed by atoms with E-state index in [4.69, 9.17) is 4.74 Å². The summed E-state index contributed by atoms with van der Waals surface area (Å²) in [4.78, 5) is 12.8. The van der Waals surface area contributed by atoms with E-state index in [0.29, 0.717) is 6.61 Å². The first-order valence-electron chi connectivity index (χ1n) is 4.26. The Morgan fingerprint density at radius 1 is 1.43 bits per heavy atom. The molecule has 0 rings (SSSR count). The van der Waals surface area contributed by atoms with Crippen molar-refractivity contribution in [3.63, 3.8) is 0 Å². The van der Waals surface area contributed by atoms with Crippen LogP contribution >= 0.6 is 12.4 Å². The van der Waals surface area contributed by atoms with Crippen LogP contribution in [0.4, 0.5) is 0 Å². The van der Waals surface area contributed by atoms with E-state index in [-0.39, 0.29) is 24.5 Å². The van der Waals surface area contributed by atoms with Gasteiger partial charge in [-0.3, -0.25) is 0 Å². The highest BCUT2D eigenvalue weighted by Crippen LogP contribution is 1.87. The Labute approximate surface area is 92.3 Å². The number of ether oxygens (including phenoxy) is 1. The normalized spacial score (nSPS) is 8.50. The van der Waals surface area contributed by atoms with E-state index >= 15 is 0 Å². The topological polar surface area (TPSA) is 64.5 Å². The zero-order valence-corrected chi connectivity index (χ0v) is 9.81. The molecule has 0 unspecified atom stereocenters. The summed E-state index contributed by atoms with van der Waals surface area (Å²) in [5, 5.41) is 0. The molecule has 3 N–H and O–H groups in total. The molecule has 0 aliphatic carbocycles. The predicted molar refractivity (Wildman–Crippen MR) is 61.2 cm³/mol. The van der Waals surface area contributed by atoms with Crippen molar-refractivity contribution in [1.82, 2.24) is 11.1 Å². The molecule has 0 fully saturated rings. The third-order valence-electron chi connectivity index (χ3n) is 1.71. The Balaban J connectivity index is -0.000000605. The highest BCUT2D eigenvalue weighted by atomic mass is 35.5. The maximum absolute atomic E-state index is 10.6. The van der Waals surface area contributed by atoms with E-state index in [1.54, 1.807) is 0 Å². The quantitative estimate of drug-likeness (QED) is 0.550. The van der Waals surface area contributed by atoms with Crippen LogP contribution < -0.4 is 6.15 Å². The van der Waals surface area contributed by atoms with Crippen LogP contribution in [0.3, 0.4) is 0 Å². The lowest BCUT2D eigenvalue weighted by Gasteiger charge is -2.16. The number of carbonyl (C=O) groups is 1. The summed E-state index contributed by atoms with van der Waals surface area (Å²) < 4.78 is 4.83. The summed E-state index contributed by atoms with van der Waals surface area (Å²) in [5.41, 5.74) is 0. The van der Waals surface area contributed by atoms with Crippen molar-refractivity contribution < 1.29 is 9.53 Å². The molecule has 0 aromatic rings. The molecule has 0 radical (unpaired) electrons. The van der Waals surface area contributed by atoms with Crippen LogP contribution in [0.5, 0.6) is 0 Å². The van der Waals surface area contributed by atoms with Crippen molar-refractivity contribution in [2.24, 2.45) is 0 Å². The van der Waals surface area contributed by atoms with Gasteiger partial charge in [-0.05, 0) is 13.1 Å². The second kappa shape index (κ2) is 12.4. The molecule has 4 nitrogen and oxygen atoms in total. The van der Waals surface area contributed by atoms with Gasteiger partial charge in [0.2, 0.25) is 0 Å². The molecule has 86 valence electrons. The minimum atomic E-state index is -0.345. The van der Waals surface area contributed by atoms with Gasteiger partial charge in [-0.2, -0.15) is 0 Å². The Morgan fingerprint density at radius 2 is 1.93 bits per heavy atom. The van der Waals surface area contributed by atoms with E-state index in [1.165, 1.54) is 6.08 Å². The van der Waals surface area contributed by atoms with Crippen LogP contribution in [-0.4, -0.2) is 37.1 Å². The third-order valence-corrected chi connectivity index (χ3v) is 1.71. The number of likely N-dealkylation sites (N-methyl/N-ethyl adjacent to an activating group) is 1. The molecule has 0 bridgehead atoms. The Morgan fingerprint density at radius 3 is 2.29 bits per heavy atom. The van der Waals surface area contributed by atoms with Gasteiger partial charge in [-0.25, -0.2) is 4.79 Å². The van der Waals surface area contributed by atoms with E-state index < -0.39 is 0 Å². The molecule has 0 heterocycles. The zero-order valence-electron chi connectivity index (χ0n) is 8.99. The summed E-state index contributed by atoms with van der Waals surface area (Å²) in [6.07, 6.45) is 1.18. The van der Waals surface area contributed by atoms with Crippen LogP contribution in [0.25, 0.3) is 0 Å². The molecule has 14 heavy (non-hydrogen) atoms. The van der Waals surface area contributed by atoms with Gasteiger partial charge >= 0.3 is 5.97 Å². The summed E-state index contributed by atoms with van der Waals surface area (Å²) >= 11 is 0. The first-order chi connectivity index (χ1) is 5.74. The molecule has 0 aromatic carbocycles. The van der Waals surface area contributed by atoms with Crippen LogP contribution in [0.1, 0.15) is 13.8 Å². The van der Waals surface area contributed by atoms with Crippen molar-refractivity contribution in [2.45, 2.75) is 13.8 Å². The highest BCUT2D eigenvalue weighted by molar-refractivity contribution is 5.85. The fourth-order valence-corrected chi connectivity index (χ4v) is 0.874. The van der Waals surface area contributed by atoms with E-state index in [2.05, 4.69) is 25.3 Å². The van der Waals surface area contributed by atoms with Crippen LogP contribution in [0, 0.1) is 0 Å². The van der Waals surface area contributed by atoms with Gasteiger partial charge in [0.1, 0.15) is 6.61 Å². The second-order valence-electron chi connectivity index (χ2n) is 2.40. The Bertz CT molecular complexity index is 150. The summed E-state index contributed by atoms with van der Waals surface area (Å²) in [6, 6.07) is 0. The minimum Gasteiger partial charge on any atom is -0.461 e. The first kappa shape index (κ1) is 19.1. The van der Waals surface area contributed by atoms with Crippen molar-refractivity contribution in [1.29, 1.82) is 0 Å². The SMILES string of the molecule is C=CC(=O)OCCN(CC)CC.Cl.N. The fourth-order valence-electron chi connectivity index (χ4n) is 0.874. The smallest absolute Gasteiger partial charge is 0.330 e. The molecule has 0 aliphatic rings. The predicted octanol–water partition coefficient (Wildman–Crippen LogP) is 1.64. The lowest BCUT2D eigenvalue weighted by atomic mass is 10.5. The fraction of sp³-hybridized carbons (Fsp3) is 0.667. The first-order valence-corrected chi connectivity index (χ1v) is 4.26. The Kier molecular flexibility index (Phi) is 16.9. The van der Waals surface area contributed by atoms with Crippen LogP contribution in [0.2, 0.25) is 0 Å². The van der Waals surface area contributed by atoms with Gasteiger partial charge < -0.3 is 15.8 Å². The van der Waals surface area contributed by atoms with Crippen LogP contribution in [-0.2, 0) is 9.53 Å². The van der Waals surface area contributed by atoms with Crippen molar-refractivity contribution >= 4 is 18.4 Å². The van der Waals surface area contributed by atoms with Gasteiger partial charge in [-0.15, -0.1) is 12.4 Å². The monoisotopic (exact) mass is 224 g/mol. The largest absolute Gasteiger partial charge is 0.461 e. The second-order valence-corrected chi connectivity index (χ2v) is 2.40. The lowest BCUT2D eigenvalue weighted by Crippen LogP contribution is -2.27. The standard InChI is InChI=1S/C9H17NO2.ClH.H3N/c1-4-9(11)12-8-7-10(5-2)6-3;;/h4H,1,5-8H2,2-3H3;1H;1H3. The molecular formula is C9H21ClN2O2. The molecule has 0 amide bonds. The molecule has 0 aliphatic heterocycles. The average Bonchev–Trinajstić information content (AvgIpc) is 2.12. The summed E-state index contributed by atoms with van der Waals surface area (Å²) in [6.45, 7) is 10.7. The average molecular weight is 225 g/mol. The molecular weight excluding hydrogens is 204 g/mol. The van der Waals surface area contributed by atoms with Gasteiger partial charge in [0.05, 0.1) is 0 Å². The number of rotatable bonds is 6. The molecule has 0 saturated heterocycles. The van der Waals surface area contributed by atoms with Crippen molar-refractivity contribution in [3.05, 3.63) is 12.7 Å². The number of halogens is 1. The molecule has 0 aromatic heterocycles.